The van der Waals surface area contributed by atoms with Crippen LogP contribution in [-0.2, 0) is 14.8 Å². The first kappa shape index (κ1) is 13.7. The lowest BCUT2D eigenvalue weighted by molar-refractivity contribution is -0.122. The zero-order chi connectivity index (χ0) is 12.9. The summed E-state index contributed by atoms with van der Waals surface area (Å²) in [5.41, 5.74) is 0. The molecule has 0 fully saturated rings. The largest absolute Gasteiger partial charge is 0.355 e. The van der Waals surface area contributed by atoms with Crippen molar-refractivity contribution in [2.45, 2.75) is 24.8 Å². The van der Waals surface area contributed by atoms with E-state index in [4.69, 9.17) is 0 Å². The molecule has 2 N–H and O–H groups in total. The highest BCUT2D eigenvalue weighted by Gasteiger charge is 2.20. The van der Waals surface area contributed by atoms with E-state index in [0.29, 0.717) is 6.54 Å². The van der Waals surface area contributed by atoms with Gasteiger partial charge in [0.15, 0.2) is 0 Å². The van der Waals surface area contributed by atoms with Gasteiger partial charge in [-0.05, 0) is 26.0 Å². The molecule has 5 nitrogen and oxygen atoms in total. The van der Waals surface area contributed by atoms with E-state index in [-0.39, 0.29) is 10.8 Å². The Bertz CT molecular complexity index is 471. The Labute approximate surface area is 101 Å². The van der Waals surface area contributed by atoms with E-state index >= 15 is 0 Å². The lowest BCUT2D eigenvalue weighted by atomic mass is 10.3. The third-order valence-corrected chi connectivity index (χ3v) is 3.69. The molecule has 1 aromatic rings. The summed E-state index contributed by atoms with van der Waals surface area (Å²) in [6, 6.07) is 7.16. The van der Waals surface area contributed by atoms with Crippen molar-refractivity contribution in [3.63, 3.8) is 0 Å². The van der Waals surface area contributed by atoms with Crippen molar-refractivity contribution < 1.29 is 13.2 Å². The van der Waals surface area contributed by atoms with Crippen molar-refractivity contribution in [2.24, 2.45) is 0 Å². The molecule has 0 aliphatic rings. The van der Waals surface area contributed by atoms with Gasteiger partial charge in [0.1, 0.15) is 0 Å². The molecule has 0 saturated heterocycles. The number of rotatable bonds is 5. The monoisotopic (exact) mass is 256 g/mol. The molecule has 0 aromatic heterocycles. The molecule has 94 valence electrons. The molecule has 0 spiro atoms. The molecule has 0 radical (unpaired) electrons. The van der Waals surface area contributed by atoms with Gasteiger partial charge < -0.3 is 5.32 Å². The van der Waals surface area contributed by atoms with Gasteiger partial charge in [0, 0.05) is 6.54 Å². The highest BCUT2D eigenvalue weighted by atomic mass is 32.2. The van der Waals surface area contributed by atoms with Crippen LogP contribution in [-0.4, -0.2) is 26.9 Å². The molecule has 6 heteroatoms. The van der Waals surface area contributed by atoms with Crippen LogP contribution in [0.1, 0.15) is 13.8 Å². The Morgan fingerprint density at radius 3 is 2.41 bits per heavy atom. The van der Waals surface area contributed by atoms with Crippen molar-refractivity contribution in [2.75, 3.05) is 6.54 Å². The minimum Gasteiger partial charge on any atom is -0.355 e. The van der Waals surface area contributed by atoms with Gasteiger partial charge in [-0.15, -0.1) is 0 Å². The van der Waals surface area contributed by atoms with E-state index in [1.165, 1.54) is 19.1 Å². The van der Waals surface area contributed by atoms with Crippen LogP contribution in [0.5, 0.6) is 0 Å². The van der Waals surface area contributed by atoms with Crippen molar-refractivity contribution in [1.29, 1.82) is 0 Å². The minimum absolute atomic E-state index is 0.149. The summed E-state index contributed by atoms with van der Waals surface area (Å²) in [5.74, 6) is -0.341. The summed E-state index contributed by atoms with van der Waals surface area (Å²) >= 11 is 0. The highest BCUT2D eigenvalue weighted by Crippen LogP contribution is 2.07. The van der Waals surface area contributed by atoms with E-state index in [2.05, 4.69) is 10.0 Å². The maximum atomic E-state index is 11.9. The third kappa shape index (κ3) is 3.83. The molecule has 1 amide bonds. The highest BCUT2D eigenvalue weighted by molar-refractivity contribution is 7.89. The first-order valence-electron chi connectivity index (χ1n) is 5.32. The summed E-state index contributed by atoms with van der Waals surface area (Å²) in [5, 5.41) is 2.55. The second-order valence-electron chi connectivity index (χ2n) is 3.55. The number of carbonyl (C=O) groups is 1. The molecule has 0 aliphatic carbocycles. The molecule has 1 rings (SSSR count). The van der Waals surface area contributed by atoms with E-state index in [0.717, 1.165) is 0 Å². The molecule has 0 aliphatic heterocycles. The van der Waals surface area contributed by atoms with Gasteiger partial charge in [-0.1, -0.05) is 18.2 Å². The fourth-order valence-corrected chi connectivity index (χ4v) is 2.51. The van der Waals surface area contributed by atoms with Crippen LogP contribution in [0.2, 0.25) is 0 Å². The van der Waals surface area contributed by atoms with Crippen molar-refractivity contribution in [3.05, 3.63) is 30.3 Å². The van der Waals surface area contributed by atoms with E-state index < -0.39 is 16.1 Å². The number of sulfonamides is 1. The first-order chi connectivity index (χ1) is 7.97. The fourth-order valence-electron chi connectivity index (χ4n) is 1.28. The predicted molar refractivity (Wildman–Crippen MR) is 64.9 cm³/mol. The lowest BCUT2D eigenvalue weighted by Gasteiger charge is -2.13. The van der Waals surface area contributed by atoms with Crippen LogP contribution in [0.15, 0.2) is 35.2 Å². The van der Waals surface area contributed by atoms with Crippen LogP contribution < -0.4 is 10.0 Å². The molecular formula is C11H16N2O3S. The first-order valence-corrected chi connectivity index (χ1v) is 6.80. The van der Waals surface area contributed by atoms with Gasteiger partial charge in [0.05, 0.1) is 10.9 Å². The van der Waals surface area contributed by atoms with E-state index in [1.54, 1.807) is 25.1 Å². The standard InChI is InChI=1S/C11H16N2O3S/c1-3-12-11(14)9(2)13-17(15,16)10-7-5-4-6-8-10/h4-9,13H,3H2,1-2H3,(H,12,14)/t9-/m0/s1. The number of hydrogen-bond acceptors (Lipinski definition) is 3. The Balaban J connectivity index is 2.78. The Morgan fingerprint density at radius 1 is 1.29 bits per heavy atom. The van der Waals surface area contributed by atoms with Gasteiger partial charge in [0.25, 0.3) is 0 Å². The molecular weight excluding hydrogens is 240 g/mol. The summed E-state index contributed by atoms with van der Waals surface area (Å²) in [7, 11) is -3.63. The van der Waals surface area contributed by atoms with Crippen molar-refractivity contribution in [3.8, 4) is 0 Å². The zero-order valence-electron chi connectivity index (χ0n) is 9.80. The summed E-state index contributed by atoms with van der Waals surface area (Å²) in [6.45, 7) is 3.75. The molecule has 0 heterocycles. The summed E-state index contributed by atoms with van der Waals surface area (Å²) in [6.07, 6.45) is 0. The normalized spacial score (nSPS) is 13.1. The number of carbonyl (C=O) groups excluding carboxylic acids is 1. The minimum atomic E-state index is -3.63. The quantitative estimate of drug-likeness (QED) is 0.805. The fraction of sp³-hybridized carbons (Fsp3) is 0.364. The molecule has 0 bridgehead atoms. The molecule has 1 atom stereocenters. The Hall–Kier alpha value is -1.40. The average molecular weight is 256 g/mol. The Morgan fingerprint density at radius 2 is 1.88 bits per heavy atom. The maximum absolute atomic E-state index is 11.9. The van der Waals surface area contributed by atoms with Gasteiger partial charge in [-0.2, -0.15) is 4.72 Å². The molecule has 0 saturated carbocycles. The third-order valence-electron chi connectivity index (χ3n) is 2.13. The second-order valence-corrected chi connectivity index (χ2v) is 5.26. The number of likely N-dealkylation sites (N-methyl/N-ethyl adjacent to an activating group) is 1. The summed E-state index contributed by atoms with van der Waals surface area (Å²) in [4.78, 5) is 11.6. The zero-order valence-corrected chi connectivity index (χ0v) is 10.6. The van der Waals surface area contributed by atoms with E-state index in [9.17, 15) is 13.2 Å². The van der Waals surface area contributed by atoms with E-state index in [1.807, 2.05) is 0 Å². The smallest absolute Gasteiger partial charge is 0.241 e. The number of amides is 1. The molecule has 1 aromatic carbocycles. The summed E-state index contributed by atoms with van der Waals surface area (Å²) < 4.78 is 26.0. The average Bonchev–Trinajstić information content (AvgIpc) is 2.30. The van der Waals surface area contributed by atoms with Gasteiger partial charge >= 0.3 is 0 Å². The lowest BCUT2D eigenvalue weighted by Crippen LogP contribution is -2.44. The topological polar surface area (TPSA) is 75.3 Å². The van der Waals surface area contributed by atoms with Crippen molar-refractivity contribution >= 4 is 15.9 Å². The van der Waals surface area contributed by atoms with Crippen molar-refractivity contribution in [1.82, 2.24) is 10.0 Å². The molecule has 17 heavy (non-hydrogen) atoms. The number of nitrogens with one attached hydrogen (secondary N) is 2. The molecule has 0 unspecified atom stereocenters. The maximum Gasteiger partial charge on any atom is 0.241 e. The van der Waals surface area contributed by atoms with Crippen LogP contribution in [0.25, 0.3) is 0 Å². The van der Waals surface area contributed by atoms with Gasteiger partial charge in [-0.3, -0.25) is 4.79 Å². The van der Waals surface area contributed by atoms with Gasteiger partial charge in [-0.25, -0.2) is 8.42 Å². The number of benzene rings is 1. The van der Waals surface area contributed by atoms with Crippen LogP contribution in [0, 0.1) is 0 Å². The SMILES string of the molecule is CCNC(=O)[C@H](C)NS(=O)(=O)c1ccccc1. The Kier molecular flexibility index (Phi) is 4.65. The second kappa shape index (κ2) is 5.79. The van der Waals surface area contributed by atoms with Crippen LogP contribution in [0.3, 0.4) is 0 Å². The van der Waals surface area contributed by atoms with Crippen LogP contribution in [0.4, 0.5) is 0 Å². The van der Waals surface area contributed by atoms with Gasteiger partial charge in [0.2, 0.25) is 15.9 Å². The number of hydrogen-bond donors (Lipinski definition) is 2. The predicted octanol–water partition coefficient (Wildman–Crippen LogP) is 0.489. The van der Waals surface area contributed by atoms with Crippen LogP contribution >= 0.6 is 0 Å².